The van der Waals surface area contributed by atoms with Crippen molar-refractivity contribution in [3.05, 3.63) is 76.9 Å². The van der Waals surface area contributed by atoms with E-state index in [0.29, 0.717) is 0 Å². The summed E-state index contributed by atoms with van der Waals surface area (Å²) in [4.78, 5) is 9.64. The molecule has 0 amide bonds. The van der Waals surface area contributed by atoms with Crippen molar-refractivity contribution in [3.63, 3.8) is 0 Å². The van der Waals surface area contributed by atoms with Gasteiger partial charge in [0.2, 0.25) is 0 Å². The van der Waals surface area contributed by atoms with E-state index < -0.39 is 0 Å². The van der Waals surface area contributed by atoms with Gasteiger partial charge in [-0.15, -0.1) is 0 Å². The van der Waals surface area contributed by atoms with Crippen molar-refractivity contribution >= 4 is 21.5 Å². The maximum atomic E-state index is 4.82. The highest BCUT2D eigenvalue weighted by atomic mass is 79.9. The van der Waals surface area contributed by atoms with Gasteiger partial charge in [-0.05, 0) is 37.1 Å². The zero-order valence-corrected chi connectivity index (χ0v) is 16.1. The molecule has 0 N–H and O–H groups in total. The highest BCUT2D eigenvalue weighted by molar-refractivity contribution is 9.10. The fourth-order valence-corrected chi connectivity index (χ4v) is 3.03. The lowest BCUT2D eigenvalue weighted by molar-refractivity contribution is 0.958. The van der Waals surface area contributed by atoms with Gasteiger partial charge in [0.15, 0.2) is 5.82 Å². The van der Waals surface area contributed by atoms with Gasteiger partial charge in [0.1, 0.15) is 0 Å². The number of hydrogen-bond acceptors (Lipinski definition) is 2. The fourth-order valence-electron chi connectivity index (χ4n) is 2.63. The summed E-state index contributed by atoms with van der Waals surface area (Å²) in [5, 5.41) is 0. The Hall–Kier alpha value is -2.26. The van der Waals surface area contributed by atoms with Crippen LogP contribution in [0, 0.1) is 0 Å². The van der Waals surface area contributed by atoms with E-state index in [0.717, 1.165) is 45.7 Å². The lowest BCUT2D eigenvalue weighted by Gasteiger charge is -2.10. The molecule has 2 nitrogen and oxygen atoms in total. The molecule has 0 saturated heterocycles. The van der Waals surface area contributed by atoms with Crippen molar-refractivity contribution in [2.75, 3.05) is 0 Å². The summed E-state index contributed by atoms with van der Waals surface area (Å²) in [6, 6.07) is 20.5. The third kappa shape index (κ3) is 4.43. The fraction of sp³-hybridized carbons (Fsp3) is 0.182. The molecule has 0 atom stereocenters. The molecule has 0 aliphatic carbocycles. The molecule has 1 heterocycles. The zero-order chi connectivity index (χ0) is 17.6. The first-order valence-corrected chi connectivity index (χ1v) is 9.34. The second kappa shape index (κ2) is 8.21. The van der Waals surface area contributed by atoms with Crippen LogP contribution < -0.4 is 0 Å². The molecule has 25 heavy (non-hydrogen) atoms. The Balaban J connectivity index is 2.14. The first-order valence-electron chi connectivity index (χ1n) is 8.55. The number of unbranched alkanes of at least 4 members (excludes halogenated alkanes) is 1. The number of benzene rings is 2. The maximum absolute atomic E-state index is 4.82. The second-order valence-corrected chi connectivity index (χ2v) is 6.93. The summed E-state index contributed by atoms with van der Waals surface area (Å²) >= 11 is 3.54. The first kappa shape index (κ1) is 17.6. The van der Waals surface area contributed by atoms with Gasteiger partial charge in [0.25, 0.3) is 0 Å². The van der Waals surface area contributed by atoms with Crippen LogP contribution in [0.4, 0.5) is 0 Å². The Morgan fingerprint density at radius 2 is 1.72 bits per heavy atom. The summed E-state index contributed by atoms with van der Waals surface area (Å²) in [5.74, 6) is 0.752. The average Bonchev–Trinajstić information content (AvgIpc) is 2.66. The number of nitrogens with zero attached hydrogens (tertiary/aromatic N) is 2. The van der Waals surface area contributed by atoms with E-state index >= 15 is 0 Å². The maximum Gasteiger partial charge on any atom is 0.160 e. The van der Waals surface area contributed by atoms with E-state index in [1.54, 1.807) is 0 Å². The van der Waals surface area contributed by atoms with Crippen LogP contribution in [0.15, 0.2) is 71.2 Å². The molecule has 3 rings (SSSR count). The Morgan fingerprint density at radius 3 is 2.44 bits per heavy atom. The largest absolute Gasteiger partial charge is 0.228 e. The van der Waals surface area contributed by atoms with E-state index in [1.807, 2.05) is 36.4 Å². The monoisotopic (exact) mass is 392 g/mol. The predicted molar refractivity (Wildman–Crippen MR) is 109 cm³/mol. The molecule has 3 aromatic rings. The van der Waals surface area contributed by atoms with E-state index in [2.05, 4.69) is 60.1 Å². The van der Waals surface area contributed by atoms with Crippen molar-refractivity contribution < 1.29 is 0 Å². The highest BCUT2D eigenvalue weighted by Crippen LogP contribution is 2.26. The lowest BCUT2D eigenvalue weighted by Crippen LogP contribution is -1.97. The normalized spacial score (nSPS) is 11.6. The molecule has 0 fully saturated rings. The number of allylic oxidation sites excluding steroid dienone is 2. The van der Waals surface area contributed by atoms with Crippen LogP contribution in [-0.4, -0.2) is 9.97 Å². The molecule has 0 saturated carbocycles. The molecular weight excluding hydrogens is 372 g/mol. The van der Waals surface area contributed by atoms with Crippen LogP contribution in [0.5, 0.6) is 0 Å². The predicted octanol–water partition coefficient (Wildman–Crippen LogP) is 6.78. The standard InChI is InChI=1S/C22H21BrN2/c1-3-4-9-16(2)20-15-21(17-10-6-5-7-11-17)25-22(24-20)18-12-8-13-19(23)14-18/h5-15H,3-4H2,1-2H3/b16-9+. The van der Waals surface area contributed by atoms with Crippen LogP contribution in [0.1, 0.15) is 32.4 Å². The van der Waals surface area contributed by atoms with Gasteiger partial charge in [-0.2, -0.15) is 0 Å². The van der Waals surface area contributed by atoms with E-state index in [4.69, 9.17) is 9.97 Å². The minimum Gasteiger partial charge on any atom is -0.228 e. The molecule has 0 spiro atoms. The van der Waals surface area contributed by atoms with Crippen molar-refractivity contribution in [3.8, 4) is 22.6 Å². The Morgan fingerprint density at radius 1 is 0.960 bits per heavy atom. The number of rotatable bonds is 5. The van der Waals surface area contributed by atoms with Crippen LogP contribution in [0.2, 0.25) is 0 Å². The minimum atomic E-state index is 0.752. The SMILES string of the molecule is CCC/C=C(\C)c1cc(-c2ccccc2)nc(-c2cccc(Br)c2)n1. The Bertz CT molecular complexity index is 886. The van der Waals surface area contributed by atoms with Crippen LogP contribution in [0.25, 0.3) is 28.2 Å². The second-order valence-electron chi connectivity index (χ2n) is 6.01. The van der Waals surface area contributed by atoms with Gasteiger partial charge < -0.3 is 0 Å². The topological polar surface area (TPSA) is 25.8 Å². The Kier molecular flexibility index (Phi) is 5.77. The van der Waals surface area contributed by atoms with Crippen molar-refractivity contribution in [2.45, 2.75) is 26.7 Å². The van der Waals surface area contributed by atoms with Crippen molar-refractivity contribution in [2.24, 2.45) is 0 Å². The molecule has 0 aliphatic heterocycles. The number of hydrogen-bond donors (Lipinski definition) is 0. The van der Waals surface area contributed by atoms with E-state index in [1.165, 1.54) is 5.57 Å². The van der Waals surface area contributed by atoms with E-state index in [9.17, 15) is 0 Å². The summed E-state index contributed by atoms with van der Waals surface area (Å²) in [5.41, 5.74) is 5.24. The molecule has 126 valence electrons. The van der Waals surface area contributed by atoms with Crippen LogP contribution in [-0.2, 0) is 0 Å². The molecule has 2 aromatic carbocycles. The summed E-state index contributed by atoms with van der Waals surface area (Å²) in [6.45, 7) is 4.31. The lowest BCUT2D eigenvalue weighted by atomic mass is 10.1. The molecule has 1 aromatic heterocycles. The van der Waals surface area contributed by atoms with Crippen molar-refractivity contribution in [1.29, 1.82) is 0 Å². The third-order valence-electron chi connectivity index (χ3n) is 4.02. The summed E-state index contributed by atoms with van der Waals surface area (Å²) in [7, 11) is 0. The average molecular weight is 393 g/mol. The number of halogens is 1. The van der Waals surface area contributed by atoms with E-state index in [-0.39, 0.29) is 0 Å². The molecule has 0 aliphatic rings. The molecule has 0 unspecified atom stereocenters. The molecular formula is C22H21BrN2. The van der Waals surface area contributed by atoms with Crippen LogP contribution >= 0.6 is 15.9 Å². The van der Waals surface area contributed by atoms with Gasteiger partial charge in [0.05, 0.1) is 11.4 Å². The zero-order valence-electron chi connectivity index (χ0n) is 14.5. The van der Waals surface area contributed by atoms with Gasteiger partial charge in [-0.1, -0.05) is 77.8 Å². The van der Waals surface area contributed by atoms with Gasteiger partial charge in [0, 0.05) is 15.6 Å². The Labute approximate surface area is 157 Å². The van der Waals surface area contributed by atoms with Gasteiger partial charge in [-0.25, -0.2) is 9.97 Å². The van der Waals surface area contributed by atoms with Gasteiger partial charge >= 0.3 is 0 Å². The first-order chi connectivity index (χ1) is 12.2. The number of aromatic nitrogens is 2. The van der Waals surface area contributed by atoms with Crippen LogP contribution in [0.3, 0.4) is 0 Å². The quantitative estimate of drug-likeness (QED) is 0.478. The molecule has 0 radical (unpaired) electrons. The molecule has 3 heteroatoms. The van der Waals surface area contributed by atoms with Crippen molar-refractivity contribution in [1.82, 2.24) is 9.97 Å². The van der Waals surface area contributed by atoms with Gasteiger partial charge in [-0.3, -0.25) is 0 Å². The third-order valence-corrected chi connectivity index (χ3v) is 4.51. The highest BCUT2D eigenvalue weighted by Gasteiger charge is 2.10. The minimum absolute atomic E-state index is 0.752. The smallest absolute Gasteiger partial charge is 0.160 e. The molecule has 0 bridgehead atoms. The summed E-state index contributed by atoms with van der Waals surface area (Å²) < 4.78 is 1.03. The summed E-state index contributed by atoms with van der Waals surface area (Å²) in [6.07, 6.45) is 4.44.